The van der Waals surface area contributed by atoms with Crippen molar-refractivity contribution in [3.8, 4) is 0 Å². The van der Waals surface area contributed by atoms with Gasteiger partial charge < -0.3 is 8.98 Å². The molecule has 0 bridgehead atoms. The number of hydrogen-bond acceptors (Lipinski definition) is 4. The first kappa shape index (κ1) is 12.6. The van der Waals surface area contributed by atoms with Crippen molar-refractivity contribution in [1.82, 2.24) is 19.7 Å². The van der Waals surface area contributed by atoms with Gasteiger partial charge in [-0.25, -0.2) is 4.98 Å². The predicted molar refractivity (Wildman–Crippen MR) is 74.3 cm³/mol. The zero-order valence-electron chi connectivity index (χ0n) is 11.4. The molecule has 0 saturated carbocycles. The highest BCUT2D eigenvalue weighted by Gasteiger charge is 2.08. The molecule has 3 aromatic rings. The van der Waals surface area contributed by atoms with E-state index in [1.54, 1.807) is 6.33 Å². The molecule has 0 spiro atoms. The molecule has 5 heteroatoms. The van der Waals surface area contributed by atoms with E-state index in [-0.39, 0.29) is 0 Å². The fourth-order valence-corrected chi connectivity index (χ4v) is 2.03. The molecule has 0 radical (unpaired) electrons. The minimum atomic E-state index is 0.564. The number of aromatic nitrogens is 4. The SMILES string of the molecule is CCc1cn(Cc2nnc(Cc3ccccc3)o2)cn1. The number of nitrogens with zero attached hydrogens (tertiary/aromatic N) is 4. The summed E-state index contributed by atoms with van der Waals surface area (Å²) < 4.78 is 7.62. The Morgan fingerprint density at radius 3 is 2.65 bits per heavy atom. The number of benzene rings is 1. The van der Waals surface area contributed by atoms with Gasteiger partial charge in [0.05, 0.1) is 18.4 Å². The van der Waals surface area contributed by atoms with Gasteiger partial charge in [-0.3, -0.25) is 0 Å². The van der Waals surface area contributed by atoms with Crippen molar-refractivity contribution in [1.29, 1.82) is 0 Å². The number of rotatable bonds is 5. The van der Waals surface area contributed by atoms with E-state index >= 15 is 0 Å². The van der Waals surface area contributed by atoms with Crippen LogP contribution in [0.3, 0.4) is 0 Å². The lowest BCUT2D eigenvalue weighted by atomic mass is 10.2. The molecule has 0 aliphatic rings. The van der Waals surface area contributed by atoms with Crippen LogP contribution >= 0.6 is 0 Å². The monoisotopic (exact) mass is 268 g/mol. The summed E-state index contributed by atoms with van der Waals surface area (Å²) in [6, 6.07) is 10.1. The van der Waals surface area contributed by atoms with Crippen LogP contribution in [0, 0.1) is 0 Å². The van der Waals surface area contributed by atoms with Crippen molar-refractivity contribution >= 4 is 0 Å². The van der Waals surface area contributed by atoms with E-state index < -0.39 is 0 Å². The molecular formula is C15H16N4O. The Morgan fingerprint density at radius 1 is 1.10 bits per heavy atom. The molecule has 0 unspecified atom stereocenters. The normalized spacial score (nSPS) is 10.8. The van der Waals surface area contributed by atoms with Crippen LogP contribution in [0.25, 0.3) is 0 Å². The second kappa shape index (κ2) is 5.69. The highest BCUT2D eigenvalue weighted by molar-refractivity contribution is 5.17. The minimum absolute atomic E-state index is 0.564. The Kier molecular flexibility index (Phi) is 3.58. The van der Waals surface area contributed by atoms with Crippen molar-refractivity contribution in [2.45, 2.75) is 26.3 Å². The van der Waals surface area contributed by atoms with Crippen molar-refractivity contribution in [2.24, 2.45) is 0 Å². The van der Waals surface area contributed by atoms with Crippen LogP contribution < -0.4 is 0 Å². The standard InChI is InChI=1S/C15H16N4O/c1-2-13-9-19(11-16-13)10-15-18-17-14(20-15)8-12-6-4-3-5-7-12/h3-7,9,11H,2,8,10H2,1H3. The first-order valence-electron chi connectivity index (χ1n) is 6.69. The highest BCUT2D eigenvalue weighted by Crippen LogP contribution is 2.09. The quantitative estimate of drug-likeness (QED) is 0.713. The molecule has 0 atom stereocenters. The van der Waals surface area contributed by atoms with Crippen LogP contribution in [0.4, 0.5) is 0 Å². The molecule has 0 N–H and O–H groups in total. The second-order valence-corrected chi connectivity index (χ2v) is 4.64. The average molecular weight is 268 g/mol. The molecule has 2 aromatic heterocycles. The third-order valence-electron chi connectivity index (χ3n) is 3.07. The molecule has 102 valence electrons. The van der Waals surface area contributed by atoms with Crippen LogP contribution in [0.5, 0.6) is 0 Å². The van der Waals surface area contributed by atoms with E-state index in [1.807, 2.05) is 41.1 Å². The van der Waals surface area contributed by atoms with Crippen molar-refractivity contribution in [3.63, 3.8) is 0 Å². The Bertz CT molecular complexity index is 672. The van der Waals surface area contributed by atoms with Crippen LogP contribution in [0.1, 0.15) is 30.0 Å². The maximum absolute atomic E-state index is 5.66. The molecular weight excluding hydrogens is 252 g/mol. The molecule has 0 amide bonds. The summed E-state index contributed by atoms with van der Waals surface area (Å²) in [5, 5.41) is 8.16. The van der Waals surface area contributed by atoms with Gasteiger partial charge in [0.25, 0.3) is 0 Å². The summed E-state index contributed by atoms with van der Waals surface area (Å²) in [5.74, 6) is 1.25. The van der Waals surface area contributed by atoms with Crippen LogP contribution in [-0.4, -0.2) is 19.7 Å². The number of imidazole rings is 1. The van der Waals surface area contributed by atoms with Gasteiger partial charge >= 0.3 is 0 Å². The van der Waals surface area contributed by atoms with E-state index in [9.17, 15) is 0 Å². The average Bonchev–Trinajstić information content (AvgIpc) is 3.10. The maximum atomic E-state index is 5.66. The summed E-state index contributed by atoms with van der Waals surface area (Å²) in [5.41, 5.74) is 2.23. The summed E-state index contributed by atoms with van der Waals surface area (Å²) in [6.07, 6.45) is 5.38. The lowest BCUT2D eigenvalue weighted by Gasteiger charge is -1.96. The highest BCUT2D eigenvalue weighted by atomic mass is 16.4. The van der Waals surface area contributed by atoms with Gasteiger partial charge in [-0.2, -0.15) is 0 Å². The Balaban J connectivity index is 1.67. The summed E-state index contributed by atoms with van der Waals surface area (Å²) >= 11 is 0. The Morgan fingerprint density at radius 2 is 1.90 bits per heavy atom. The molecule has 3 rings (SSSR count). The summed E-state index contributed by atoms with van der Waals surface area (Å²) in [4.78, 5) is 4.28. The largest absolute Gasteiger partial charge is 0.423 e. The van der Waals surface area contributed by atoms with Crippen molar-refractivity contribution < 1.29 is 4.42 Å². The van der Waals surface area contributed by atoms with Crippen molar-refractivity contribution in [2.75, 3.05) is 0 Å². The molecule has 20 heavy (non-hydrogen) atoms. The fourth-order valence-electron chi connectivity index (χ4n) is 2.03. The lowest BCUT2D eigenvalue weighted by Crippen LogP contribution is -1.96. The Labute approximate surface area is 117 Å². The first-order chi connectivity index (χ1) is 9.83. The van der Waals surface area contributed by atoms with Crippen molar-refractivity contribution in [3.05, 3.63) is 65.9 Å². The predicted octanol–water partition coefficient (Wildman–Crippen LogP) is 2.47. The van der Waals surface area contributed by atoms with Gasteiger partial charge in [-0.1, -0.05) is 37.3 Å². The van der Waals surface area contributed by atoms with Gasteiger partial charge in [0.2, 0.25) is 11.8 Å². The lowest BCUT2D eigenvalue weighted by molar-refractivity contribution is 0.445. The number of aryl methyl sites for hydroxylation is 1. The molecule has 5 nitrogen and oxygen atoms in total. The van der Waals surface area contributed by atoms with E-state index in [2.05, 4.69) is 22.1 Å². The van der Waals surface area contributed by atoms with Crippen LogP contribution in [0.15, 0.2) is 47.3 Å². The third kappa shape index (κ3) is 2.93. The van der Waals surface area contributed by atoms with Gasteiger partial charge in [0, 0.05) is 6.20 Å². The molecule has 1 aromatic carbocycles. The summed E-state index contributed by atoms with van der Waals surface area (Å²) in [7, 11) is 0. The molecule has 0 saturated heterocycles. The van der Waals surface area contributed by atoms with E-state index in [0.717, 1.165) is 12.1 Å². The molecule has 0 aliphatic heterocycles. The van der Waals surface area contributed by atoms with Crippen LogP contribution in [-0.2, 0) is 19.4 Å². The smallest absolute Gasteiger partial charge is 0.236 e. The Hall–Kier alpha value is -2.43. The van der Waals surface area contributed by atoms with Gasteiger partial charge in [0.15, 0.2) is 0 Å². The van der Waals surface area contributed by atoms with E-state index in [1.165, 1.54) is 5.56 Å². The molecule has 2 heterocycles. The fraction of sp³-hybridized carbons (Fsp3) is 0.267. The number of hydrogen-bond donors (Lipinski definition) is 0. The topological polar surface area (TPSA) is 56.7 Å². The third-order valence-corrected chi connectivity index (χ3v) is 3.07. The van der Waals surface area contributed by atoms with Gasteiger partial charge in [-0.15, -0.1) is 10.2 Å². The molecule has 0 aliphatic carbocycles. The van der Waals surface area contributed by atoms with Gasteiger partial charge in [0.1, 0.15) is 6.54 Å². The second-order valence-electron chi connectivity index (χ2n) is 4.64. The summed E-state index contributed by atoms with van der Waals surface area (Å²) in [6.45, 7) is 2.64. The van der Waals surface area contributed by atoms with Crippen LogP contribution in [0.2, 0.25) is 0 Å². The van der Waals surface area contributed by atoms with E-state index in [4.69, 9.17) is 4.42 Å². The zero-order chi connectivity index (χ0) is 13.8. The first-order valence-corrected chi connectivity index (χ1v) is 6.69. The van der Waals surface area contributed by atoms with Gasteiger partial charge in [-0.05, 0) is 12.0 Å². The maximum Gasteiger partial charge on any atom is 0.236 e. The molecule has 0 fully saturated rings. The van der Waals surface area contributed by atoms with E-state index in [0.29, 0.717) is 24.7 Å². The minimum Gasteiger partial charge on any atom is -0.423 e. The zero-order valence-corrected chi connectivity index (χ0v) is 11.4.